The zero-order valence-electron chi connectivity index (χ0n) is 21.6. The lowest BCUT2D eigenvalue weighted by Crippen LogP contribution is -2.27. The fraction of sp³-hybridized carbons (Fsp3) is 0.182. The van der Waals surface area contributed by atoms with Gasteiger partial charge in [-0.15, -0.1) is 17.3 Å². The van der Waals surface area contributed by atoms with Gasteiger partial charge in [-0.25, -0.2) is 4.79 Å². The molecule has 0 aliphatic heterocycles. The van der Waals surface area contributed by atoms with E-state index in [1.807, 2.05) is 36.4 Å². The molecule has 37 heavy (non-hydrogen) atoms. The first kappa shape index (κ1) is 26.5. The monoisotopic (exact) mass is 520 g/mol. The molecule has 0 aromatic heterocycles. The maximum Gasteiger partial charge on any atom is 0.338 e. The standard InChI is InChI=1S/C33H32O2SSi/c1-37(2,3)25-22-27-14-13-15-28(26-27)32(34)35-23-24-36-33(29-16-7-4-8-17-29,30-18-9-5-10-19-30)31-20-11-6-12-21-31/h4-21,26H,23-24H2,1-3H3. The molecule has 0 saturated carbocycles. The number of benzene rings is 4. The van der Waals surface area contributed by atoms with Gasteiger partial charge in [-0.3, -0.25) is 0 Å². The van der Waals surface area contributed by atoms with E-state index in [1.165, 1.54) is 16.7 Å². The predicted molar refractivity (Wildman–Crippen MR) is 159 cm³/mol. The van der Waals surface area contributed by atoms with Gasteiger partial charge in [-0.05, 0) is 34.9 Å². The molecule has 0 N–H and O–H groups in total. The number of carbonyl (C=O) groups excluding carboxylic acids is 1. The van der Waals surface area contributed by atoms with Gasteiger partial charge in [0, 0.05) is 11.3 Å². The van der Waals surface area contributed by atoms with Gasteiger partial charge in [0.1, 0.15) is 14.7 Å². The first-order valence-electron chi connectivity index (χ1n) is 12.5. The summed E-state index contributed by atoms with van der Waals surface area (Å²) in [6.45, 7) is 6.92. The van der Waals surface area contributed by atoms with Crippen molar-refractivity contribution in [1.29, 1.82) is 0 Å². The van der Waals surface area contributed by atoms with Gasteiger partial charge >= 0.3 is 5.97 Å². The molecular weight excluding hydrogens is 489 g/mol. The van der Waals surface area contributed by atoms with E-state index < -0.39 is 12.8 Å². The molecule has 0 atom stereocenters. The Morgan fingerprint density at radius 1 is 0.757 bits per heavy atom. The van der Waals surface area contributed by atoms with Crippen molar-refractivity contribution in [1.82, 2.24) is 0 Å². The van der Waals surface area contributed by atoms with Crippen LogP contribution in [0.2, 0.25) is 19.6 Å². The second kappa shape index (κ2) is 12.1. The van der Waals surface area contributed by atoms with Crippen LogP contribution in [0.4, 0.5) is 0 Å². The quantitative estimate of drug-likeness (QED) is 0.0779. The zero-order valence-corrected chi connectivity index (χ0v) is 23.4. The summed E-state index contributed by atoms with van der Waals surface area (Å²) in [5.41, 5.74) is 8.31. The summed E-state index contributed by atoms with van der Waals surface area (Å²) in [6.07, 6.45) is 0. The van der Waals surface area contributed by atoms with Crippen LogP contribution >= 0.6 is 11.8 Å². The van der Waals surface area contributed by atoms with E-state index in [2.05, 4.69) is 104 Å². The second-order valence-corrected chi connectivity index (χ2v) is 15.9. The number of ether oxygens (including phenoxy) is 1. The van der Waals surface area contributed by atoms with Crippen molar-refractivity contribution in [2.24, 2.45) is 0 Å². The lowest BCUT2D eigenvalue weighted by atomic mass is 9.84. The van der Waals surface area contributed by atoms with Crippen molar-refractivity contribution >= 4 is 25.8 Å². The van der Waals surface area contributed by atoms with Crippen LogP contribution in [0.25, 0.3) is 0 Å². The van der Waals surface area contributed by atoms with E-state index in [9.17, 15) is 4.79 Å². The zero-order chi connectivity index (χ0) is 26.1. The van der Waals surface area contributed by atoms with Crippen molar-refractivity contribution in [3.8, 4) is 11.5 Å². The van der Waals surface area contributed by atoms with Crippen LogP contribution in [-0.4, -0.2) is 26.4 Å². The number of hydrogen-bond acceptors (Lipinski definition) is 3. The summed E-state index contributed by atoms with van der Waals surface area (Å²) in [4.78, 5) is 12.9. The first-order valence-corrected chi connectivity index (χ1v) is 17.0. The summed E-state index contributed by atoms with van der Waals surface area (Å²) >= 11 is 1.78. The van der Waals surface area contributed by atoms with Crippen molar-refractivity contribution in [2.75, 3.05) is 12.4 Å². The second-order valence-electron chi connectivity index (χ2n) is 9.84. The van der Waals surface area contributed by atoms with E-state index in [1.54, 1.807) is 17.8 Å². The van der Waals surface area contributed by atoms with Crippen molar-refractivity contribution < 1.29 is 9.53 Å². The van der Waals surface area contributed by atoms with E-state index in [0.29, 0.717) is 17.9 Å². The Hall–Kier alpha value is -3.52. The van der Waals surface area contributed by atoms with E-state index >= 15 is 0 Å². The molecule has 186 valence electrons. The fourth-order valence-electron chi connectivity index (χ4n) is 4.16. The molecule has 0 heterocycles. The maximum atomic E-state index is 12.9. The molecule has 4 heteroatoms. The molecule has 0 bridgehead atoms. The molecule has 2 nitrogen and oxygen atoms in total. The fourth-order valence-corrected chi connectivity index (χ4v) is 6.07. The lowest BCUT2D eigenvalue weighted by molar-refractivity contribution is 0.0530. The van der Waals surface area contributed by atoms with Crippen LogP contribution in [0.1, 0.15) is 32.6 Å². The van der Waals surface area contributed by atoms with Crippen LogP contribution in [0.15, 0.2) is 115 Å². The first-order chi connectivity index (χ1) is 17.9. The van der Waals surface area contributed by atoms with Gasteiger partial charge in [-0.1, -0.05) is 123 Å². The molecule has 0 radical (unpaired) electrons. The lowest BCUT2D eigenvalue weighted by Gasteiger charge is -2.35. The third-order valence-electron chi connectivity index (χ3n) is 5.86. The summed E-state index contributed by atoms with van der Waals surface area (Å²) in [5.74, 6) is 3.54. The third-order valence-corrected chi connectivity index (χ3v) is 8.24. The van der Waals surface area contributed by atoms with Crippen LogP contribution in [0, 0.1) is 11.5 Å². The molecule has 4 rings (SSSR count). The number of rotatable bonds is 8. The topological polar surface area (TPSA) is 26.3 Å². The molecule has 0 fully saturated rings. The van der Waals surface area contributed by atoms with Crippen molar-refractivity contribution in [3.05, 3.63) is 143 Å². The van der Waals surface area contributed by atoms with Crippen LogP contribution in [0.3, 0.4) is 0 Å². The van der Waals surface area contributed by atoms with E-state index in [4.69, 9.17) is 4.74 Å². The summed E-state index contributed by atoms with van der Waals surface area (Å²) in [7, 11) is -1.49. The number of thioether (sulfide) groups is 1. The number of hydrogen-bond donors (Lipinski definition) is 0. The maximum absolute atomic E-state index is 12.9. The van der Waals surface area contributed by atoms with Gasteiger partial charge in [0.15, 0.2) is 0 Å². The van der Waals surface area contributed by atoms with Gasteiger partial charge in [0.25, 0.3) is 0 Å². The van der Waals surface area contributed by atoms with Crippen LogP contribution in [0.5, 0.6) is 0 Å². The predicted octanol–water partition coefficient (Wildman–Crippen LogP) is 7.80. The van der Waals surface area contributed by atoms with Gasteiger partial charge < -0.3 is 4.74 Å². The Morgan fingerprint density at radius 2 is 1.27 bits per heavy atom. The summed E-state index contributed by atoms with van der Waals surface area (Å²) in [6, 6.07) is 39.0. The molecule has 0 unspecified atom stereocenters. The Bertz CT molecular complexity index is 1270. The largest absolute Gasteiger partial charge is 0.461 e. The molecule has 4 aromatic carbocycles. The third kappa shape index (κ3) is 6.83. The average Bonchev–Trinajstić information content (AvgIpc) is 2.93. The molecule has 4 aromatic rings. The molecule has 0 saturated heterocycles. The van der Waals surface area contributed by atoms with Crippen LogP contribution < -0.4 is 0 Å². The minimum atomic E-state index is -1.49. The highest BCUT2D eigenvalue weighted by molar-refractivity contribution is 8.00. The Labute approximate surface area is 226 Å². The van der Waals surface area contributed by atoms with Crippen LogP contribution in [-0.2, 0) is 9.48 Å². The van der Waals surface area contributed by atoms with Gasteiger partial charge in [-0.2, -0.15) is 0 Å². The molecule has 0 aliphatic rings. The highest BCUT2D eigenvalue weighted by Gasteiger charge is 2.36. The van der Waals surface area contributed by atoms with Crippen molar-refractivity contribution in [3.63, 3.8) is 0 Å². The summed E-state index contributed by atoms with van der Waals surface area (Å²) in [5, 5.41) is 0. The number of esters is 1. The Kier molecular flexibility index (Phi) is 8.71. The minimum absolute atomic E-state index is 0.308. The highest BCUT2D eigenvalue weighted by Crippen LogP contribution is 2.48. The molecular formula is C33H32O2SSi. The molecule has 0 spiro atoms. The SMILES string of the molecule is C[Si](C)(C)C#Cc1cccc(C(=O)OCCSC(c2ccccc2)(c2ccccc2)c2ccccc2)c1. The highest BCUT2D eigenvalue weighted by atomic mass is 32.2. The van der Waals surface area contributed by atoms with Crippen molar-refractivity contribution in [2.45, 2.75) is 24.4 Å². The average molecular weight is 521 g/mol. The van der Waals surface area contributed by atoms with E-state index in [0.717, 1.165) is 5.56 Å². The Morgan fingerprint density at radius 3 is 1.76 bits per heavy atom. The van der Waals surface area contributed by atoms with Gasteiger partial charge in [0.05, 0.1) is 10.3 Å². The minimum Gasteiger partial charge on any atom is -0.461 e. The normalized spacial score (nSPS) is 11.3. The molecule has 0 amide bonds. The number of carbonyl (C=O) groups is 1. The molecule has 0 aliphatic carbocycles. The van der Waals surface area contributed by atoms with E-state index in [-0.39, 0.29) is 5.97 Å². The smallest absolute Gasteiger partial charge is 0.338 e. The summed E-state index contributed by atoms with van der Waals surface area (Å²) < 4.78 is 5.30. The van der Waals surface area contributed by atoms with Gasteiger partial charge in [0.2, 0.25) is 0 Å². The Balaban J connectivity index is 1.55.